The van der Waals surface area contributed by atoms with E-state index in [2.05, 4.69) is 22.3 Å². The van der Waals surface area contributed by atoms with Crippen molar-refractivity contribution in [3.8, 4) is 0 Å². The van der Waals surface area contributed by atoms with Gasteiger partial charge in [0.15, 0.2) is 5.82 Å². The number of nitro groups is 1. The first-order valence-corrected chi connectivity index (χ1v) is 8.08. The van der Waals surface area contributed by atoms with Crippen molar-refractivity contribution in [1.82, 2.24) is 4.90 Å². The van der Waals surface area contributed by atoms with Crippen LogP contribution < -0.4 is 5.32 Å². The molecule has 0 bridgehead atoms. The van der Waals surface area contributed by atoms with E-state index in [0.29, 0.717) is 5.69 Å². The van der Waals surface area contributed by atoms with Crippen LogP contribution in [0.5, 0.6) is 0 Å². The Kier molecular flexibility index (Phi) is 5.05. The van der Waals surface area contributed by atoms with E-state index in [9.17, 15) is 14.5 Å². The molecule has 3 rings (SSSR count). The summed E-state index contributed by atoms with van der Waals surface area (Å²) in [7, 11) is 0. The van der Waals surface area contributed by atoms with Crippen LogP contribution in [0.2, 0.25) is 0 Å². The van der Waals surface area contributed by atoms with Crippen molar-refractivity contribution in [2.75, 3.05) is 18.4 Å². The number of piperidine rings is 1. The third-order valence-corrected chi connectivity index (χ3v) is 4.28. The predicted octanol–water partition coefficient (Wildman–Crippen LogP) is 3.81. The quantitative estimate of drug-likeness (QED) is 0.669. The number of nitrogens with one attached hydrogen (secondary N) is 1. The Hall–Kier alpha value is -2.47. The summed E-state index contributed by atoms with van der Waals surface area (Å²) in [6, 6.07) is 14.1. The number of nitro benzene ring substituents is 1. The summed E-state index contributed by atoms with van der Waals surface area (Å²) in [6.45, 7) is 2.73. The lowest BCUT2D eigenvalue weighted by molar-refractivity contribution is -0.385. The number of hydrogen-bond acceptors (Lipinski definition) is 4. The van der Waals surface area contributed by atoms with Crippen molar-refractivity contribution >= 4 is 11.4 Å². The molecule has 1 aliphatic rings. The Morgan fingerprint density at radius 2 is 2.04 bits per heavy atom. The minimum atomic E-state index is -0.588. The third kappa shape index (κ3) is 4.08. The van der Waals surface area contributed by atoms with Crippen molar-refractivity contribution in [3.63, 3.8) is 0 Å². The van der Waals surface area contributed by atoms with Gasteiger partial charge < -0.3 is 5.32 Å². The van der Waals surface area contributed by atoms with Crippen LogP contribution in [-0.4, -0.2) is 29.0 Å². The van der Waals surface area contributed by atoms with Gasteiger partial charge in [-0.3, -0.25) is 15.0 Å². The van der Waals surface area contributed by atoms with Gasteiger partial charge in [-0.2, -0.15) is 0 Å². The van der Waals surface area contributed by atoms with Gasteiger partial charge in [-0.25, -0.2) is 4.39 Å². The number of rotatable bonds is 5. The maximum absolute atomic E-state index is 14.0. The Morgan fingerprint density at radius 1 is 1.25 bits per heavy atom. The lowest BCUT2D eigenvalue weighted by atomic mass is 10.0. The molecule has 5 nitrogen and oxygen atoms in total. The van der Waals surface area contributed by atoms with Gasteiger partial charge in [-0.1, -0.05) is 30.3 Å². The van der Waals surface area contributed by atoms with Gasteiger partial charge in [0.1, 0.15) is 0 Å². The molecule has 0 radical (unpaired) electrons. The fourth-order valence-electron chi connectivity index (χ4n) is 3.11. The van der Waals surface area contributed by atoms with E-state index in [4.69, 9.17) is 0 Å². The lowest BCUT2D eigenvalue weighted by Gasteiger charge is -2.33. The molecular formula is C18H20FN3O2. The van der Waals surface area contributed by atoms with Crippen LogP contribution in [0.25, 0.3) is 0 Å². The third-order valence-electron chi connectivity index (χ3n) is 4.28. The minimum Gasteiger partial charge on any atom is -0.379 e. The van der Waals surface area contributed by atoms with Gasteiger partial charge in [-0.05, 0) is 31.0 Å². The molecule has 0 aromatic heterocycles. The highest BCUT2D eigenvalue weighted by molar-refractivity contribution is 5.50. The maximum atomic E-state index is 14.0. The molecule has 1 heterocycles. The number of anilines is 1. The smallest absolute Gasteiger partial charge is 0.272 e. The molecule has 0 spiro atoms. The van der Waals surface area contributed by atoms with Crippen molar-refractivity contribution < 1.29 is 9.31 Å². The highest BCUT2D eigenvalue weighted by Crippen LogP contribution is 2.23. The van der Waals surface area contributed by atoms with Crippen LogP contribution in [0.3, 0.4) is 0 Å². The Balaban J connectivity index is 1.62. The van der Waals surface area contributed by atoms with Crippen molar-refractivity contribution in [2.45, 2.75) is 25.4 Å². The molecule has 6 heteroatoms. The topological polar surface area (TPSA) is 58.4 Å². The number of non-ortho nitro benzene ring substituents is 1. The van der Waals surface area contributed by atoms with E-state index >= 15 is 0 Å². The van der Waals surface area contributed by atoms with Gasteiger partial charge in [0.2, 0.25) is 0 Å². The molecule has 2 aromatic rings. The second kappa shape index (κ2) is 7.40. The van der Waals surface area contributed by atoms with E-state index < -0.39 is 10.7 Å². The Morgan fingerprint density at radius 3 is 2.75 bits per heavy atom. The summed E-state index contributed by atoms with van der Waals surface area (Å²) in [5.74, 6) is -0.579. The largest absolute Gasteiger partial charge is 0.379 e. The van der Waals surface area contributed by atoms with Crippen LogP contribution in [-0.2, 0) is 6.54 Å². The molecule has 1 fully saturated rings. The summed E-state index contributed by atoms with van der Waals surface area (Å²) in [5.41, 5.74) is 1.36. The molecule has 24 heavy (non-hydrogen) atoms. The highest BCUT2D eigenvalue weighted by atomic mass is 19.1. The van der Waals surface area contributed by atoms with Crippen LogP contribution in [0.15, 0.2) is 48.5 Å². The summed E-state index contributed by atoms with van der Waals surface area (Å²) in [4.78, 5) is 12.4. The van der Waals surface area contributed by atoms with Crippen molar-refractivity contribution in [2.24, 2.45) is 0 Å². The molecule has 2 aromatic carbocycles. The van der Waals surface area contributed by atoms with Crippen molar-refractivity contribution in [3.05, 3.63) is 70.0 Å². The average Bonchev–Trinajstić information content (AvgIpc) is 2.58. The average molecular weight is 329 g/mol. The lowest BCUT2D eigenvalue weighted by Crippen LogP contribution is -2.41. The van der Waals surface area contributed by atoms with Gasteiger partial charge in [-0.15, -0.1) is 0 Å². The van der Waals surface area contributed by atoms with E-state index in [1.165, 1.54) is 17.7 Å². The maximum Gasteiger partial charge on any atom is 0.272 e. The number of hydrogen-bond donors (Lipinski definition) is 1. The van der Waals surface area contributed by atoms with Gasteiger partial charge in [0.25, 0.3) is 5.69 Å². The molecule has 0 amide bonds. The number of nitrogens with zero attached hydrogens (tertiary/aromatic N) is 2. The molecule has 126 valence electrons. The predicted molar refractivity (Wildman–Crippen MR) is 91.4 cm³/mol. The van der Waals surface area contributed by atoms with Crippen LogP contribution in [0, 0.1) is 15.9 Å². The van der Waals surface area contributed by atoms with Crippen LogP contribution in [0.1, 0.15) is 18.4 Å². The summed E-state index contributed by atoms with van der Waals surface area (Å²) in [5, 5.41) is 13.9. The van der Waals surface area contributed by atoms with Gasteiger partial charge in [0.05, 0.1) is 16.7 Å². The van der Waals surface area contributed by atoms with Gasteiger partial charge in [0, 0.05) is 25.2 Å². The fourth-order valence-corrected chi connectivity index (χ4v) is 3.11. The zero-order valence-electron chi connectivity index (χ0n) is 13.3. The van der Waals surface area contributed by atoms with Crippen LogP contribution in [0.4, 0.5) is 15.8 Å². The number of benzene rings is 2. The molecule has 1 aliphatic heterocycles. The SMILES string of the molecule is O=[N+]([O-])c1ccc(N[C@@H]2CCCN(Cc3ccccc3)C2)c(F)c1. The normalized spacial score (nSPS) is 18.3. The second-order valence-corrected chi connectivity index (χ2v) is 6.13. The summed E-state index contributed by atoms with van der Waals surface area (Å²) < 4.78 is 14.0. The molecule has 0 aliphatic carbocycles. The second-order valence-electron chi connectivity index (χ2n) is 6.13. The molecular weight excluding hydrogens is 309 g/mol. The first-order chi connectivity index (χ1) is 11.6. The molecule has 0 saturated carbocycles. The zero-order chi connectivity index (χ0) is 16.9. The van der Waals surface area contributed by atoms with E-state index in [0.717, 1.165) is 38.5 Å². The molecule has 1 atom stereocenters. The molecule has 0 unspecified atom stereocenters. The highest BCUT2D eigenvalue weighted by Gasteiger charge is 2.21. The zero-order valence-corrected chi connectivity index (χ0v) is 13.3. The summed E-state index contributed by atoms with van der Waals surface area (Å²) in [6.07, 6.45) is 2.00. The van der Waals surface area contributed by atoms with Crippen LogP contribution >= 0.6 is 0 Å². The molecule has 1 N–H and O–H groups in total. The van der Waals surface area contributed by atoms with E-state index in [-0.39, 0.29) is 11.7 Å². The summed E-state index contributed by atoms with van der Waals surface area (Å²) >= 11 is 0. The Bertz CT molecular complexity index is 709. The van der Waals surface area contributed by atoms with Crippen molar-refractivity contribution in [1.29, 1.82) is 0 Å². The Labute approximate surface area is 140 Å². The first kappa shape index (κ1) is 16.4. The monoisotopic (exact) mass is 329 g/mol. The van der Waals surface area contributed by atoms with Gasteiger partial charge >= 0.3 is 0 Å². The molecule has 1 saturated heterocycles. The minimum absolute atomic E-state index is 0.137. The van der Waals surface area contributed by atoms with E-state index in [1.807, 2.05) is 18.2 Å². The first-order valence-electron chi connectivity index (χ1n) is 8.08. The fraction of sp³-hybridized carbons (Fsp3) is 0.333. The standard InChI is InChI=1S/C18H20FN3O2/c19-17-11-16(22(23)24)8-9-18(17)20-15-7-4-10-21(13-15)12-14-5-2-1-3-6-14/h1-3,5-6,8-9,11,15,20H,4,7,10,12-13H2/t15-/m1/s1. The number of halogens is 1. The number of likely N-dealkylation sites (tertiary alicyclic amines) is 1. The van der Waals surface area contributed by atoms with E-state index in [1.54, 1.807) is 0 Å².